The van der Waals surface area contributed by atoms with Crippen LogP contribution in [0.3, 0.4) is 0 Å². The van der Waals surface area contributed by atoms with Crippen LogP contribution in [0.1, 0.15) is 28.8 Å². The quantitative estimate of drug-likeness (QED) is 0.0613. The van der Waals surface area contributed by atoms with E-state index in [9.17, 15) is 48.3 Å². The summed E-state index contributed by atoms with van der Waals surface area (Å²) in [6.45, 7) is -1.22. The van der Waals surface area contributed by atoms with Crippen molar-refractivity contribution < 1.29 is 180 Å². The molecule has 0 spiro atoms. The van der Waals surface area contributed by atoms with Gasteiger partial charge in [-0.3, -0.25) is 18.4 Å². The summed E-state index contributed by atoms with van der Waals surface area (Å²) in [7, 11) is -18.8. The van der Waals surface area contributed by atoms with Crippen molar-refractivity contribution in [2.45, 2.75) is 34.3 Å². The average molecular weight is 835 g/mol. The van der Waals surface area contributed by atoms with Crippen LogP contribution in [0.4, 0.5) is 0 Å². The standard InChI is InChI=1S/C23H23Cl2N2O14P3S.4Na/c24-23(25,42(31,32)33)43(34,35)41-44(36,37)38-10-16-18(28)19(29)21(40-16)27-9-13(20(45)26-22(27)30)17-11-5-1-3-7-14(11)39-15-8-4-2-6-12(15)17;;;;/h1-9,16-19,21,28-29H,10H2,(H,34,35)(H,36,37)(H,26,30,45)(H2,31,32,33);;;;/q;4*+1/p-4/t16-,18-,19-,21-;;;;/m1..../s1. The maximum absolute atomic E-state index is 13.0. The molecule has 6 atom stereocenters. The molecule has 0 saturated carbocycles. The van der Waals surface area contributed by atoms with Crippen molar-refractivity contribution in [2.75, 3.05) is 6.61 Å². The number of aliphatic hydroxyl groups is 2. The maximum Gasteiger partial charge on any atom is 1.00 e. The summed E-state index contributed by atoms with van der Waals surface area (Å²) in [5.41, 5.74) is 0.900. The van der Waals surface area contributed by atoms with Gasteiger partial charge in [0.15, 0.2) is 13.8 Å². The minimum absolute atomic E-state index is 0. The van der Waals surface area contributed by atoms with Crippen molar-refractivity contribution in [3.8, 4) is 11.5 Å². The van der Waals surface area contributed by atoms with Gasteiger partial charge in [-0.1, -0.05) is 71.8 Å². The number of alkyl halides is 2. The largest absolute Gasteiger partial charge is 1.00 e. The van der Waals surface area contributed by atoms with Crippen LogP contribution in [-0.4, -0.2) is 48.5 Å². The number of halogens is 2. The van der Waals surface area contributed by atoms with E-state index in [4.69, 9.17) is 44.9 Å². The molecule has 49 heavy (non-hydrogen) atoms. The van der Waals surface area contributed by atoms with Crippen molar-refractivity contribution in [3.63, 3.8) is 0 Å². The zero-order chi connectivity index (χ0) is 33.1. The number of hydrogen-bond acceptors (Lipinski definition) is 15. The zero-order valence-electron chi connectivity index (χ0n) is 26.0. The number of H-pyrrole nitrogens is 1. The summed E-state index contributed by atoms with van der Waals surface area (Å²) in [6.07, 6.45) is -5.87. The van der Waals surface area contributed by atoms with Gasteiger partial charge < -0.3 is 52.9 Å². The van der Waals surface area contributed by atoms with Crippen LogP contribution >= 0.6 is 58.4 Å². The van der Waals surface area contributed by atoms with Gasteiger partial charge in [0, 0.05) is 28.8 Å². The van der Waals surface area contributed by atoms with E-state index in [0.29, 0.717) is 28.2 Å². The van der Waals surface area contributed by atoms with Crippen molar-refractivity contribution >= 4 is 58.4 Å². The predicted molar refractivity (Wildman–Crippen MR) is 150 cm³/mol. The molecule has 244 valence electrons. The van der Waals surface area contributed by atoms with Gasteiger partial charge >= 0.3 is 124 Å². The number of nitrogens with one attached hydrogen (secondary N) is 1. The smallest absolute Gasteiger partial charge is 0.808 e. The molecule has 1 aromatic heterocycles. The topological polar surface area (TPSA) is 259 Å². The van der Waals surface area contributed by atoms with E-state index in [2.05, 4.69) is 13.8 Å². The summed E-state index contributed by atoms with van der Waals surface area (Å²) in [5.74, 6) is 0.489. The molecule has 3 heterocycles. The Kier molecular flexibility index (Phi) is 19.0. The molecule has 0 aliphatic carbocycles. The molecule has 1 saturated heterocycles. The first-order valence-corrected chi connectivity index (χ1v) is 18.2. The Bertz CT molecular complexity index is 1880. The summed E-state index contributed by atoms with van der Waals surface area (Å²) in [6, 6.07) is 14.2. The molecule has 2 aromatic carbocycles. The molecule has 3 N–H and O–H groups in total. The second-order valence-electron chi connectivity index (χ2n) is 9.74. The number of para-hydroxylation sites is 2. The van der Waals surface area contributed by atoms with Gasteiger partial charge in [0.25, 0.3) is 7.82 Å². The van der Waals surface area contributed by atoms with Crippen molar-refractivity contribution in [2.24, 2.45) is 0 Å². The Balaban J connectivity index is 0.00000300. The first-order valence-electron chi connectivity index (χ1n) is 12.5. The summed E-state index contributed by atoms with van der Waals surface area (Å²) in [5, 5.41) is 21.3. The minimum atomic E-state index is -6.39. The van der Waals surface area contributed by atoms with Gasteiger partial charge in [0.1, 0.15) is 34.5 Å². The molecule has 2 unspecified atom stereocenters. The van der Waals surface area contributed by atoms with E-state index in [1.165, 1.54) is 6.20 Å². The predicted octanol–water partition coefficient (Wildman–Crippen LogP) is -11.1. The molecule has 2 aliphatic rings. The van der Waals surface area contributed by atoms with Gasteiger partial charge in [0.2, 0.25) is 3.82 Å². The number of rotatable bonds is 9. The molecule has 0 amide bonds. The summed E-state index contributed by atoms with van der Waals surface area (Å²) >= 11 is 15.5. The fourth-order valence-corrected chi connectivity index (χ4v) is 9.06. The molecule has 0 bridgehead atoms. The third-order valence-corrected chi connectivity index (χ3v) is 14.6. The van der Waals surface area contributed by atoms with Crippen LogP contribution in [0, 0.1) is 4.64 Å². The number of phosphoric acid groups is 1. The average Bonchev–Trinajstić information content (AvgIpc) is 3.22. The van der Waals surface area contributed by atoms with E-state index in [1.54, 1.807) is 48.5 Å². The number of aromatic amines is 1. The van der Waals surface area contributed by atoms with Crippen molar-refractivity contribution in [3.05, 3.63) is 86.5 Å². The van der Waals surface area contributed by atoms with Gasteiger partial charge in [-0.15, -0.1) is 0 Å². The molecule has 2 aliphatic heterocycles. The molecule has 5 rings (SSSR count). The van der Waals surface area contributed by atoms with Crippen LogP contribution in [0.5, 0.6) is 11.5 Å². The second kappa shape index (κ2) is 18.9. The Morgan fingerprint density at radius 3 is 1.92 bits per heavy atom. The number of benzene rings is 2. The first-order chi connectivity index (χ1) is 20.8. The van der Waals surface area contributed by atoms with Crippen molar-refractivity contribution in [1.82, 2.24) is 9.55 Å². The number of fused-ring (bicyclic) bond motifs is 2. The third-order valence-electron chi connectivity index (χ3n) is 6.86. The Morgan fingerprint density at radius 1 is 0.898 bits per heavy atom. The monoisotopic (exact) mass is 834 g/mol. The number of aliphatic hydroxyl groups excluding tert-OH is 2. The molecule has 26 heteroatoms. The Labute approximate surface area is 381 Å². The van der Waals surface area contributed by atoms with E-state index >= 15 is 0 Å². The van der Waals surface area contributed by atoms with Crippen LogP contribution < -0.4 is 148 Å². The van der Waals surface area contributed by atoms with E-state index in [0.717, 1.165) is 4.57 Å². The van der Waals surface area contributed by atoms with Crippen LogP contribution in [0.2, 0.25) is 0 Å². The Morgan fingerprint density at radius 2 is 1.41 bits per heavy atom. The molecule has 0 radical (unpaired) electrons. The van der Waals surface area contributed by atoms with Gasteiger partial charge in [-0.2, -0.15) is 0 Å². The van der Waals surface area contributed by atoms with Gasteiger partial charge in [-0.05, 0) is 19.7 Å². The van der Waals surface area contributed by atoms with E-state index < -0.39 is 69.6 Å². The number of hydrogen-bond donors (Lipinski definition) is 3. The molecule has 3 aromatic rings. The summed E-state index contributed by atoms with van der Waals surface area (Å²) < 4.78 is 51.5. The first kappa shape index (κ1) is 49.3. The minimum Gasteiger partial charge on any atom is -0.808 e. The normalized spacial score (nSPS) is 22.6. The van der Waals surface area contributed by atoms with Crippen molar-refractivity contribution in [1.29, 1.82) is 0 Å². The third kappa shape index (κ3) is 10.4. The number of ether oxygens (including phenoxy) is 2. The maximum atomic E-state index is 13.0. The van der Waals surface area contributed by atoms with Crippen LogP contribution in [0.25, 0.3) is 0 Å². The van der Waals surface area contributed by atoms with E-state index in [-0.39, 0.29) is 123 Å². The number of nitrogens with zero attached hydrogens (tertiary/aromatic N) is 1. The number of aromatic nitrogens is 2. The molecular weight excluding hydrogens is 816 g/mol. The molecular formula is C23H19Cl2N2Na4O14P3S. The van der Waals surface area contributed by atoms with Crippen LogP contribution in [0.15, 0.2) is 59.5 Å². The fraction of sp³-hybridized carbons (Fsp3) is 0.304. The second-order valence-corrected chi connectivity index (χ2v) is 18.0. The molecule has 1 fully saturated rings. The fourth-order valence-electron chi connectivity index (χ4n) is 4.76. The van der Waals surface area contributed by atoms with Gasteiger partial charge in [-0.25, -0.2) is 4.79 Å². The van der Waals surface area contributed by atoms with Gasteiger partial charge in [0.05, 0.1) is 6.61 Å². The van der Waals surface area contributed by atoms with Crippen LogP contribution in [-0.2, 0) is 27.3 Å². The Hall–Kier alpha value is 2.25. The SMILES string of the molecule is O=c1[nH]c(=S)c(C2c3ccccc3Oc3ccccc32)cn1[C@@H]1O[C@H](COP(=O)([O-])OP(=O)([O-])C(Cl)(Cl)P(=O)([O-])[O-])[C@@H](O)[C@H]1O.[Na+].[Na+].[Na+].[Na+]. The summed E-state index contributed by atoms with van der Waals surface area (Å²) in [4.78, 5) is 61.8. The molecule has 16 nitrogen and oxygen atoms in total. The van der Waals surface area contributed by atoms with E-state index in [1.807, 2.05) is 0 Å². The number of phosphoric ester groups is 1. The zero-order valence-corrected chi connectivity index (χ0v) is 39.0.